The molecular weight excluding hydrogens is 321 g/mol. The third kappa shape index (κ3) is 2.80. The van der Waals surface area contributed by atoms with Gasteiger partial charge in [-0.25, -0.2) is 4.98 Å². The standard InChI is InChI=1S/C16H13Cl2N3O/c1-10-19-13-7-2-3-8-14(13)21(10)9-15(22)20-16-11(17)5-4-6-12(16)18/h2-8H,9H2,1H3,(H,20,22). The first-order chi connectivity index (χ1) is 10.6. The molecule has 0 fully saturated rings. The van der Waals surface area contributed by atoms with Crippen molar-refractivity contribution < 1.29 is 4.79 Å². The van der Waals surface area contributed by atoms with E-state index in [1.54, 1.807) is 18.2 Å². The molecule has 0 radical (unpaired) electrons. The van der Waals surface area contributed by atoms with Gasteiger partial charge in [-0.1, -0.05) is 41.4 Å². The molecular formula is C16H13Cl2N3O. The van der Waals surface area contributed by atoms with Gasteiger partial charge in [0.15, 0.2) is 0 Å². The van der Waals surface area contributed by atoms with Crippen molar-refractivity contribution in [1.82, 2.24) is 9.55 Å². The lowest BCUT2D eigenvalue weighted by molar-refractivity contribution is -0.116. The summed E-state index contributed by atoms with van der Waals surface area (Å²) in [5.74, 6) is 0.572. The van der Waals surface area contributed by atoms with Crippen LogP contribution in [0, 0.1) is 6.92 Å². The number of anilines is 1. The van der Waals surface area contributed by atoms with Crippen LogP contribution in [0.5, 0.6) is 0 Å². The van der Waals surface area contributed by atoms with Gasteiger partial charge in [-0.05, 0) is 31.2 Å². The second-order valence-corrected chi connectivity index (χ2v) is 5.69. The van der Waals surface area contributed by atoms with E-state index in [4.69, 9.17) is 23.2 Å². The molecule has 2 aromatic carbocycles. The zero-order chi connectivity index (χ0) is 15.7. The third-order valence-corrected chi connectivity index (χ3v) is 4.00. The number of aromatic nitrogens is 2. The number of benzene rings is 2. The molecule has 0 aliphatic carbocycles. The molecule has 0 saturated heterocycles. The number of amides is 1. The Labute approximate surface area is 137 Å². The maximum absolute atomic E-state index is 12.3. The van der Waals surface area contributed by atoms with Gasteiger partial charge in [0.2, 0.25) is 5.91 Å². The SMILES string of the molecule is Cc1nc2ccccc2n1CC(=O)Nc1c(Cl)cccc1Cl. The molecule has 0 spiro atoms. The van der Waals surface area contributed by atoms with Crippen LogP contribution >= 0.6 is 23.2 Å². The van der Waals surface area contributed by atoms with Crippen LogP contribution in [0.15, 0.2) is 42.5 Å². The molecule has 0 atom stereocenters. The van der Waals surface area contributed by atoms with Gasteiger partial charge in [-0.3, -0.25) is 4.79 Å². The average molecular weight is 334 g/mol. The van der Waals surface area contributed by atoms with Crippen molar-refractivity contribution in [3.63, 3.8) is 0 Å². The summed E-state index contributed by atoms with van der Waals surface area (Å²) in [4.78, 5) is 16.7. The molecule has 0 bridgehead atoms. The van der Waals surface area contributed by atoms with Crippen molar-refractivity contribution in [2.24, 2.45) is 0 Å². The number of carbonyl (C=O) groups is 1. The summed E-state index contributed by atoms with van der Waals surface area (Å²) in [5.41, 5.74) is 2.21. The molecule has 22 heavy (non-hydrogen) atoms. The highest BCUT2D eigenvalue weighted by Crippen LogP contribution is 2.29. The van der Waals surface area contributed by atoms with E-state index in [1.807, 2.05) is 35.8 Å². The Kier molecular flexibility index (Phi) is 4.05. The third-order valence-electron chi connectivity index (χ3n) is 3.37. The van der Waals surface area contributed by atoms with Crippen LogP contribution in [0.2, 0.25) is 10.0 Å². The van der Waals surface area contributed by atoms with Crippen molar-refractivity contribution in [2.75, 3.05) is 5.32 Å². The van der Waals surface area contributed by atoms with E-state index in [0.717, 1.165) is 16.9 Å². The van der Waals surface area contributed by atoms with E-state index >= 15 is 0 Å². The highest BCUT2D eigenvalue weighted by Gasteiger charge is 2.13. The minimum Gasteiger partial charge on any atom is -0.322 e. The van der Waals surface area contributed by atoms with Gasteiger partial charge in [0, 0.05) is 0 Å². The molecule has 3 rings (SSSR count). The Hall–Kier alpha value is -2.04. The van der Waals surface area contributed by atoms with E-state index in [-0.39, 0.29) is 12.5 Å². The number of rotatable bonds is 3. The number of aryl methyl sites for hydroxylation is 1. The first kappa shape index (κ1) is 14.9. The lowest BCUT2D eigenvalue weighted by Crippen LogP contribution is -2.19. The largest absolute Gasteiger partial charge is 0.322 e. The van der Waals surface area contributed by atoms with Crippen molar-refractivity contribution in [3.05, 3.63) is 58.3 Å². The molecule has 0 aliphatic heterocycles. The summed E-state index contributed by atoms with van der Waals surface area (Å²) >= 11 is 12.1. The van der Waals surface area contributed by atoms with Crippen molar-refractivity contribution in [1.29, 1.82) is 0 Å². The van der Waals surface area contributed by atoms with Crippen LogP contribution in [0.3, 0.4) is 0 Å². The highest BCUT2D eigenvalue weighted by molar-refractivity contribution is 6.39. The number of halogens is 2. The van der Waals surface area contributed by atoms with E-state index in [2.05, 4.69) is 10.3 Å². The molecule has 0 unspecified atom stereocenters. The number of nitrogens with one attached hydrogen (secondary N) is 1. The van der Waals surface area contributed by atoms with E-state index in [9.17, 15) is 4.79 Å². The number of nitrogens with zero attached hydrogens (tertiary/aromatic N) is 2. The first-order valence-electron chi connectivity index (χ1n) is 6.72. The van der Waals surface area contributed by atoms with Gasteiger partial charge in [0.1, 0.15) is 12.4 Å². The zero-order valence-electron chi connectivity index (χ0n) is 11.8. The van der Waals surface area contributed by atoms with Gasteiger partial charge < -0.3 is 9.88 Å². The second kappa shape index (κ2) is 5.99. The van der Waals surface area contributed by atoms with E-state index in [1.165, 1.54) is 0 Å². The Balaban J connectivity index is 1.86. The Morgan fingerprint density at radius 1 is 1.14 bits per heavy atom. The number of hydrogen-bond donors (Lipinski definition) is 1. The molecule has 0 aliphatic rings. The zero-order valence-corrected chi connectivity index (χ0v) is 13.3. The number of hydrogen-bond acceptors (Lipinski definition) is 2. The fourth-order valence-electron chi connectivity index (χ4n) is 2.34. The lowest BCUT2D eigenvalue weighted by atomic mass is 10.3. The molecule has 1 N–H and O–H groups in total. The van der Waals surface area contributed by atoms with Crippen molar-refractivity contribution >= 4 is 45.8 Å². The van der Waals surface area contributed by atoms with Crippen LogP contribution in [-0.2, 0) is 11.3 Å². The van der Waals surface area contributed by atoms with Crippen LogP contribution in [0.25, 0.3) is 11.0 Å². The van der Waals surface area contributed by atoms with Gasteiger partial charge in [0.25, 0.3) is 0 Å². The van der Waals surface area contributed by atoms with Crippen molar-refractivity contribution in [3.8, 4) is 0 Å². The van der Waals surface area contributed by atoms with Crippen LogP contribution in [0.4, 0.5) is 5.69 Å². The quantitative estimate of drug-likeness (QED) is 0.777. The summed E-state index contributed by atoms with van der Waals surface area (Å²) in [6.07, 6.45) is 0. The average Bonchev–Trinajstić information content (AvgIpc) is 2.79. The minimum atomic E-state index is -0.207. The molecule has 6 heteroatoms. The smallest absolute Gasteiger partial charge is 0.244 e. The minimum absolute atomic E-state index is 0.147. The van der Waals surface area contributed by atoms with Gasteiger partial charge in [0.05, 0.1) is 26.8 Å². The van der Waals surface area contributed by atoms with E-state index in [0.29, 0.717) is 15.7 Å². The van der Waals surface area contributed by atoms with Crippen LogP contribution < -0.4 is 5.32 Å². The summed E-state index contributed by atoms with van der Waals surface area (Å²) < 4.78 is 1.86. The monoisotopic (exact) mass is 333 g/mol. The first-order valence-corrected chi connectivity index (χ1v) is 7.47. The maximum Gasteiger partial charge on any atom is 0.244 e. The fourth-order valence-corrected chi connectivity index (χ4v) is 2.83. The van der Waals surface area contributed by atoms with E-state index < -0.39 is 0 Å². The predicted molar refractivity (Wildman–Crippen MR) is 89.6 cm³/mol. The molecule has 1 heterocycles. The molecule has 0 saturated carbocycles. The molecule has 4 nitrogen and oxygen atoms in total. The predicted octanol–water partition coefficient (Wildman–Crippen LogP) is 4.29. The van der Waals surface area contributed by atoms with Gasteiger partial charge in [-0.2, -0.15) is 0 Å². The normalized spacial score (nSPS) is 10.9. The number of imidazole rings is 1. The molecule has 112 valence electrons. The molecule has 1 aromatic heterocycles. The Bertz CT molecular complexity index is 837. The van der Waals surface area contributed by atoms with Gasteiger partial charge in [-0.15, -0.1) is 0 Å². The van der Waals surface area contributed by atoms with Crippen molar-refractivity contribution in [2.45, 2.75) is 13.5 Å². The van der Waals surface area contributed by atoms with Crippen LogP contribution in [0.1, 0.15) is 5.82 Å². The summed E-state index contributed by atoms with van der Waals surface area (Å²) in [6.45, 7) is 2.02. The summed E-state index contributed by atoms with van der Waals surface area (Å²) in [5, 5.41) is 3.58. The molecule has 3 aromatic rings. The van der Waals surface area contributed by atoms with Gasteiger partial charge >= 0.3 is 0 Å². The molecule has 1 amide bonds. The second-order valence-electron chi connectivity index (χ2n) is 4.88. The number of fused-ring (bicyclic) bond motifs is 1. The number of para-hydroxylation sites is 3. The Morgan fingerprint density at radius 3 is 2.55 bits per heavy atom. The fraction of sp³-hybridized carbons (Fsp3) is 0.125. The van der Waals surface area contributed by atoms with Crippen LogP contribution in [-0.4, -0.2) is 15.5 Å². The number of carbonyl (C=O) groups excluding carboxylic acids is 1. The summed E-state index contributed by atoms with van der Waals surface area (Å²) in [6, 6.07) is 12.8. The Morgan fingerprint density at radius 2 is 1.82 bits per heavy atom. The lowest BCUT2D eigenvalue weighted by Gasteiger charge is -2.11. The highest BCUT2D eigenvalue weighted by atomic mass is 35.5. The summed E-state index contributed by atoms with van der Waals surface area (Å²) in [7, 11) is 0. The maximum atomic E-state index is 12.3. The topological polar surface area (TPSA) is 46.9 Å².